The number of unbranched alkanes of at least 4 members (excludes halogenated alkanes) is 2. The summed E-state index contributed by atoms with van der Waals surface area (Å²) in [7, 11) is 3.89. The van der Waals surface area contributed by atoms with Crippen molar-refractivity contribution >= 4 is 40.0 Å². The van der Waals surface area contributed by atoms with Crippen molar-refractivity contribution in [2.75, 3.05) is 37.1 Å². The lowest BCUT2D eigenvalue weighted by atomic mass is 9.91. The summed E-state index contributed by atoms with van der Waals surface area (Å²) in [4.78, 5) is 24.7. The van der Waals surface area contributed by atoms with Gasteiger partial charge in [0.05, 0.1) is 21.8 Å². The van der Waals surface area contributed by atoms with Crippen molar-refractivity contribution < 1.29 is 4.79 Å². The zero-order valence-corrected chi connectivity index (χ0v) is 28.6. The average Bonchev–Trinajstić information content (AvgIpc) is 3.54. The van der Waals surface area contributed by atoms with E-state index in [-0.39, 0.29) is 11.3 Å². The number of para-hydroxylation sites is 1. The molecule has 232 valence electrons. The van der Waals surface area contributed by atoms with Crippen molar-refractivity contribution in [3.05, 3.63) is 46.5 Å². The van der Waals surface area contributed by atoms with Crippen LogP contribution in [0.1, 0.15) is 110 Å². The molecule has 2 heterocycles. The number of anilines is 2. The first-order valence-corrected chi connectivity index (χ1v) is 17.0. The molecule has 2 unspecified atom stereocenters. The molecular formula is C35H55N5OS. The Hall–Kier alpha value is -2.67. The van der Waals surface area contributed by atoms with Gasteiger partial charge in [-0.2, -0.15) is 5.01 Å². The van der Waals surface area contributed by atoms with Gasteiger partial charge < -0.3 is 9.80 Å². The fourth-order valence-corrected chi connectivity index (χ4v) is 6.75. The van der Waals surface area contributed by atoms with Crippen LogP contribution in [0.5, 0.6) is 0 Å². The Balaban J connectivity index is 2.07. The molecule has 1 aliphatic heterocycles. The highest BCUT2D eigenvalue weighted by atomic mass is 32.1. The molecular weight excluding hydrogens is 538 g/mol. The van der Waals surface area contributed by atoms with E-state index in [4.69, 9.17) is 10.1 Å². The van der Waals surface area contributed by atoms with E-state index in [0.717, 1.165) is 34.5 Å². The van der Waals surface area contributed by atoms with Gasteiger partial charge in [0.25, 0.3) is 5.91 Å². The second-order valence-electron chi connectivity index (χ2n) is 13.0. The van der Waals surface area contributed by atoms with Crippen LogP contribution in [0, 0.1) is 11.8 Å². The van der Waals surface area contributed by atoms with Crippen molar-refractivity contribution in [1.82, 2.24) is 9.88 Å². The van der Waals surface area contributed by atoms with Gasteiger partial charge in [-0.3, -0.25) is 4.79 Å². The zero-order valence-electron chi connectivity index (χ0n) is 27.7. The van der Waals surface area contributed by atoms with Crippen molar-refractivity contribution in [2.24, 2.45) is 16.9 Å². The van der Waals surface area contributed by atoms with Crippen LogP contribution in [0.4, 0.5) is 10.8 Å². The summed E-state index contributed by atoms with van der Waals surface area (Å²) in [5.74, 6) is 1.88. The molecule has 42 heavy (non-hydrogen) atoms. The first-order valence-electron chi connectivity index (χ1n) is 16.2. The van der Waals surface area contributed by atoms with Gasteiger partial charge in [-0.15, -0.1) is 5.10 Å². The molecule has 0 saturated heterocycles. The molecule has 0 saturated carbocycles. The van der Waals surface area contributed by atoms with Gasteiger partial charge in [0.15, 0.2) is 11.0 Å². The van der Waals surface area contributed by atoms with Crippen LogP contribution >= 0.6 is 11.3 Å². The Morgan fingerprint density at radius 3 is 1.98 bits per heavy atom. The number of aromatic nitrogens is 1. The maximum atomic E-state index is 13.8. The minimum Gasteiger partial charge on any atom is -0.361 e. The van der Waals surface area contributed by atoms with E-state index in [2.05, 4.69) is 53.4 Å². The summed E-state index contributed by atoms with van der Waals surface area (Å²) in [6, 6.07) is 9.67. The zero-order chi connectivity index (χ0) is 30.9. The summed E-state index contributed by atoms with van der Waals surface area (Å²) in [6.45, 7) is 18.0. The Morgan fingerprint density at radius 2 is 1.50 bits per heavy atom. The van der Waals surface area contributed by atoms with Crippen LogP contribution in [0.15, 0.2) is 41.0 Å². The van der Waals surface area contributed by atoms with Gasteiger partial charge in [0.1, 0.15) is 0 Å². The Labute approximate surface area is 259 Å². The van der Waals surface area contributed by atoms with Crippen LogP contribution < -0.4 is 9.91 Å². The highest BCUT2D eigenvalue weighted by molar-refractivity contribution is 7.16. The van der Waals surface area contributed by atoms with E-state index < -0.39 is 0 Å². The van der Waals surface area contributed by atoms with Crippen LogP contribution in [0.2, 0.25) is 0 Å². The quantitative estimate of drug-likeness (QED) is 0.193. The number of thiazole rings is 1. The Morgan fingerprint density at radius 1 is 0.929 bits per heavy atom. The van der Waals surface area contributed by atoms with Gasteiger partial charge in [0.2, 0.25) is 0 Å². The maximum Gasteiger partial charge on any atom is 0.282 e. The smallest absolute Gasteiger partial charge is 0.282 e. The lowest BCUT2D eigenvalue weighted by molar-refractivity contribution is -0.114. The number of benzene rings is 1. The number of amides is 1. The van der Waals surface area contributed by atoms with Gasteiger partial charge >= 0.3 is 0 Å². The molecule has 1 aromatic heterocycles. The molecule has 1 amide bonds. The first-order chi connectivity index (χ1) is 20.0. The molecule has 1 aliphatic rings. The lowest BCUT2D eigenvalue weighted by Crippen LogP contribution is -2.34. The molecule has 0 N–H and O–H groups in total. The minimum atomic E-state index is -0.165. The fourth-order valence-electron chi connectivity index (χ4n) is 5.51. The van der Waals surface area contributed by atoms with Crippen LogP contribution in [-0.4, -0.2) is 48.8 Å². The predicted molar refractivity (Wildman–Crippen MR) is 183 cm³/mol. The number of amidine groups is 1. The van der Waals surface area contributed by atoms with Gasteiger partial charge in [-0.05, 0) is 42.9 Å². The maximum absolute atomic E-state index is 13.8. The summed E-state index contributed by atoms with van der Waals surface area (Å²) in [5, 5.41) is 7.35. The number of carbonyl (C=O) groups excluding carboxylic acids is 1. The number of nitrogens with zero attached hydrogens (tertiary/aromatic N) is 5. The Bertz CT molecular complexity index is 1180. The minimum absolute atomic E-state index is 0.104. The average molecular weight is 594 g/mol. The highest BCUT2D eigenvalue weighted by Gasteiger charge is 2.34. The number of likely N-dealkylation sites (N-methyl/N-ethyl adjacent to an activating group) is 1. The molecule has 7 heteroatoms. The van der Waals surface area contributed by atoms with E-state index in [1.807, 2.05) is 55.4 Å². The van der Waals surface area contributed by atoms with E-state index in [0.29, 0.717) is 23.2 Å². The fraction of sp³-hybridized carbons (Fsp3) is 0.629. The largest absolute Gasteiger partial charge is 0.361 e. The van der Waals surface area contributed by atoms with E-state index in [1.54, 1.807) is 11.3 Å². The normalized spacial score (nSPS) is 16.2. The van der Waals surface area contributed by atoms with E-state index in [1.165, 1.54) is 56.4 Å². The van der Waals surface area contributed by atoms with Crippen molar-refractivity contribution in [1.29, 1.82) is 0 Å². The summed E-state index contributed by atoms with van der Waals surface area (Å²) in [5.41, 5.74) is 2.27. The third kappa shape index (κ3) is 8.68. The second kappa shape index (κ2) is 15.7. The molecule has 2 atom stereocenters. The molecule has 3 rings (SSSR count). The molecule has 2 aromatic rings. The predicted octanol–water partition coefficient (Wildman–Crippen LogP) is 8.99. The third-order valence-corrected chi connectivity index (χ3v) is 9.29. The highest BCUT2D eigenvalue weighted by Crippen LogP contribution is 2.38. The van der Waals surface area contributed by atoms with E-state index >= 15 is 0 Å². The molecule has 0 spiro atoms. The lowest BCUT2D eigenvalue weighted by Gasteiger charge is -2.30. The van der Waals surface area contributed by atoms with Crippen LogP contribution in [0.25, 0.3) is 6.08 Å². The van der Waals surface area contributed by atoms with Crippen molar-refractivity contribution in [3.8, 4) is 0 Å². The number of rotatable bonds is 15. The number of hydrazone groups is 1. The standard InChI is InChI=1S/C35H55N5OS/c1-10-14-19-26(12-3)24-39(25-27(13-4)20-15-11-2)34-36-31(35(5,6)7)30(42-34)23-29-32(38(8)9)37-40(33(29)41)28-21-17-16-18-22-28/h16-18,21-23,26-27H,10-15,19-20,24-25H2,1-9H3/b29-23-. The van der Waals surface area contributed by atoms with Crippen molar-refractivity contribution in [2.45, 2.75) is 105 Å². The molecule has 0 fully saturated rings. The summed E-state index contributed by atoms with van der Waals surface area (Å²) < 4.78 is 0. The molecule has 0 bridgehead atoms. The molecule has 6 nitrogen and oxygen atoms in total. The first kappa shape index (κ1) is 33.8. The van der Waals surface area contributed by atoms with Crippen LogP contribution in [-0.2, 0) is 10.2 Å². The number of hydrogen-bond donors (Lipinski definition) is 0. The summed E-state index contributed by atoms with van der Waals surface area (Å²) >= 11 is 1.74. The summed E-state index contributed by atoms with van der Waals surface area (Å²) in [6.07, 6.45) is 11.9. The SMILES string of the molecule is CCCCC(CC)CN(CC(CC)CCCC)c1nc(C(C)(C)C)c(/C=C2\C(=O)N(c3ccccc3)N=C2N(C)C)s1. The van der Waals surface area contributed by atoms with Gasteiger partial charge in [-0.25, -0.2) is 4.98 Å². The van der Waals surface area contributed by atoms with Gasteiger partial charge in [0, 0.05) is 32.6 Å². The number of carbonyl (C=O) groups is 1. The second-order valence-corrected chi connectivity index (χ2v) is 14.0. The third-order valence-electron chi connectivity index (χ3n) is 8.22. The van der Waals surface area contributed by atoms with Gasteiger partial charge in [-0.1, -0.05) is 117 Å². The van der Waals surface area contributed by atoms with Crippen molar-refractivity contribution in [3.63, 3.8) is 0 Å². The van der Waals surface area contributed by atoms with Crippen LogP contribution in [0.3, 0.4) is 0 Å². The topological polar surface area (TPSA) is 52.0 Å². The molecule has 1 aromatic carbocycles. The number of hydrogen-bond acceptors (Lipinski definition) is 6. The van der Waals surface area contributed by atoms with E-state index in [9.17, 15) is 4.79 Å². The molecule has 0 aliphatic carbocycles. The monoisotopic (exact) mass is 593 g/mol. The molecule has 0 radical (unpaired) electrons. The Kier molecular flexibility index (Phi) is 12.6.